The van der Waals surface area contributed by atoms with Crippen LogP contribution in [0.15, 0.2) is 18.2 Å². The fourth-order valence-electron chi connectivity index (χ4n) is 2.06. The van der Waals surface area contributed by atoms with Crippen LogP contribution in [0.25, 0.3) is 21.6 Å². The highest BCUT2D eigenvalue weighted by Gasteiger charge is 2.11. The number of aryl methyl sites for hydroxylation is 2. The SMILES string of the molecule is CCc1nc(-c2ccc3sc(N)nc3c2)n(CC)n1. The van der Waals surface area contributed by atoms with Crippen LogP contribution in [0.2, 0.25) is 0 Å². The van der Waals surface area contributed by atoms with Gasteiger partial charge in [0.15, 0.2) is 16.8 Å². The van der Waals surface area contributed by atoms with Gasteiger partial charge in [-0.05, 0) is 25.1 Å². The van der Waals surface area contributed by atoms with Crippen LogP contribution in [-0.2, 0) is 13.0 Å². The third-order valence-electron chi connectivity index (χ3n) is 2.99. The van der Waals surface area contributed by atoms with E-state index in [-0.39, 0.29) is 0 Å². The highest BCUT2D eigenvalue weighted by atomic mass is 32.1. The third kappa shape index (κ3) is 2.08. The van der Waals surface area contributed by atoms with Gasteiger partial charge in [-0.2, -0.15) is 5.10 Å². The van der Waals surface area contributed by atoms with E-state index < -0.39 is 0 Å². The molecule has 1 aromatic carbocycles. The molecule has 0 unspecified atom stereocenters. The Hall–Kier alpha value is -1.95. The van der Waals surface area contributed by atoms with Gasteiger partial charge in [-0.1, -0.05) is 18.3 Å². The zero-order chi connectivity index (χ0) is 13.4. The number of nitrogens with two attached hydrogens (primary N) is 1. The molecular formula is C13H15N5S. The normalized spacial score (nSPS) is 11.3. The van der Waals surface area contributed by atoms with Crippen molar-refractivity contribution in [3.63, 3.8) is 0 Å². The first-order valence-electron chi connectivity index (χ1n) is 6.31. The minimum Gasteiger partial charge on any atom is -0.375 e. The van der Waals surface area contributed by atoms with E-state index in [4.69, 9.17) is 5.73 Å². The molecule has 0 spiro atoms. The summed E-state index contributed by atoms with van der Waals surface area (Å²) in [5.74, 6) is 1.77. The average Bonchev–Trinajstić information content (AvgIpc) is 2.99. The molecule has 6 heteroatoms. The van der Waals surface area contributed by atoms with E-state index in [0.29, 0.717) is 5.13 Å². The molecule has 0 aliphatic rings. The molecule has 0 bridgehead atoms. The number of fused-ring (bicyclic) bond motifs is 1. The number of nitrogens with zero attached hydrogens (tertiary/aromatic N) is 4. The lowest BCUT2D eigenvalue weighted by molar-refractivity contribution is 0.655. The first kappa shape index (κ1) is 12.1. The number of aromatic nitrogens is 4. The minimum atomic E-state index is 0.596. The lowest BCUT2D eigenvalue weighted by Crippen LogP contribution is -1.99. The number of hydrogen-bond donors (Lipinski definition) is 1. The highest BCUT2D eigenvalue weighted by molar-refractivity contribution is 7.22. The van der Waals surface area contributed by atoms with Gasteiger partial charge in [0.1, 0.15) is 0 Å². The zero-order valence-corrected chi connectivity index (χ0v) is 11.7. The maximum absolute atomic E-state index is 5.74. The largest absolute Gasteiger partial charge is 0.375 e. The fourth-order valence-corrected chi connectivity index (χ4v) is 2.77. The molecule has 0 radical (unpaired) electrons. The Labute approximate surface area is 115 Å². The molecule has 0 saturated heterocycles. The third-order valence-corrected chi connectivity index (χ3v) is 3.86. The number of nitrogen functional groups attached to an aromatic ring is 1. The van der Waals surface area contributed by atoms with Gasteiger partial charge < -0.3 is 5.73 Å². The predicted molar refractivity (Wildman–Crippen MR) is 78.1 cm³/mol. The van der Waals surface area contributed by atoms with Gasteiger partial charge in [-0.15, -0.1) is 0 Å². The van der Waals surface area contributed by atoms with Gasteiger partial charge >= 0.3 is 0 Å². The van der Waals surface area contributed by atoms with E-state index in [2.05, 4.69) is 35.0 Å². The fraction of sp³-hybridized carbons (Fsp3) is 0.308. The first-order valence-corrected chi connectivity index (χ1v) is 7.13. The molecular weight excluding hydrogens is 258 g/mol. The second-order valence-corrected chi connectivity index (χ2v) is 5.32. The van der Waals surface area contributed by atoms with E-state index in [1.54, 1.807) is 0 Å². The van der Waals surface area contributed by atoms with Crippen molar-refractivity contribution in [2.45, 2.75) is 26.8 Å². The van der Waals surface area contributed by atoms with Crippen molar-refractivity contribution in [1.82, 2.24) is 19.7 Å². The molecule has 3 aromatic rings. The summed E-state index contributed by atoms with van der Waals surface area (Å²) in [6.07, 6.45) is 0.839. The van der Waals surface area contributed by atoms with Gasteiger partial charge in [-0.25, -0.2) is 14.6 Å². The van der Waals surface area contributed by atoms with Crippen molar-refractivity contribution < 1.29 is 0 Å². The van der Waals surface area contributed by atoms with Crippen LogP contribution in [0.4, 0.5) is 5.13 Å². The summed E-state index contributed by atoms with van der Waals surface area (Å²) in [6, 6.07) is 6.12. The average molecular weight is 273 g/mol. The van der Waals surface area contributed by atoms with Gasteiger partial charge in [0.2, 0.25) is 0 Å². The molecule has 0 aliphatic carbocycles. The van der Waals surface area contributed by atoms with Gasteiger partial charge in [0, 0.05) is 18.5 Å². The second-order valence-electron chi connectivity index (χ2n) is 4.26. The standard InChI is InChI=1S/C13H15N5S/c1-3-11-16-12(18(4-2)17-11)8-5-6-10-9(7-8)15-13(14)19-10/h5-7H,3-4H2,1-2H3,(H2,14,15). The molecule has 2 N–H and O–H groups in total. The summed E-state index contributed by atoms with van der Waals surface area (Å²) in [7, 11) is 0. The van der Waals surface area contributed by atoms with E-state index >= 15 is 0 Å². The van der Waals surface area contributed by atoms with Gasteiger partial charge in [-0.3, -0.25) is 0 Å². The van der Waals surface area contributed by atoms with Crippen molar-refractivity contribution in [3.05, 3.63) is 24.0 Å². The van der Waals surface area contributed by atoms with Crippen LogP contribution in [0.5, 0.6) is 0 Å². The van der Waals surface area contributed by atoms with Crippen molar-refractivity contribution in [2.24, 2.45) is 0 Å². The Morgan fingerprint density at radius 3 is 2.84 bits per heavy atom. The van der Waals surface area contributed by atoms with Crippen LogP contribution < -0.4 is 5.73 Å². The summed E-state index contributed by atoms with van der Waals surface area (Å²) < 4.78 is 3.02. The van der Waals surface area contributed by atoms with Crippen LogP contribution >= 0.6 is 11.3 Å². The zero-order valence-electron chi connectivity index (χ0n) is 10.9. The van der Waals surface area contributed by atoms with Crippen LogP contribution in [0, 0.1) is 0 Å². The second kappa shape index (κ2) is 4.62. The van der Waals surface area contributed by atoms with Crippen LogP contribution in [-0.4, -0.2) is 19.7 Å². The van der Waals surface area contributed by atoms with Crippen molar-refractivity contribution in [2.75, 3.05) is 5.73 Å². The monoisotopic (exact) mass is 273 g/mol. The smallest absolute Gasteiger partial charge is 0.181 e. The Bertz CT molecular complexity index is 728. The van der Waals surface area contributed by atoms with E-state index in [1.807, 2.05) is 16.8 Å². The van der Waals surface area contributed by atoms with Gasteiger partial charge in [0.05, 0.1) is 10.2 Å². The number of hydrogen-bond acceptors (Lipinski definition) is 5. The summed E-state index contributed by atoms with van der Waals surface area (Å²) >= 11 is 1.50. The Morgan fingerprint density at radius 2 is 2.11 bits per heavy atom. The first-order chi connectivity index (χ1) is 9.21. The number of thiazole rings is 1. The van der Waals surface area contributed by atoms with Crippen LogP contribution in [0.3, 0.4) is 0 Å². The molecule has 3 rings (SSSR count). The molecule has 2 heterocycles. The van der Waals surface area contributed by atoms with E-state index in [0.717, 1.165) is 40.4 Å². The van der Waals surface area contributed by atoms with Crippen molar-refractivity contribution in [3.8, 4) is 11.4 Å². The Kier molecular flexibility index (Phi) is 2.94. The number of rotatable bonds is 3. The maximum atomic E-state index is 5.74. The molecule has 2 aromatic heterocycles. The number of benzene rings is 1. The molecule has 98 valence electrons. The Morgan fingerprint density at radius 1 is 1.26 bits per heavy atom. The summed E-state index contributed by atoms with van der Waals surface area (Å²) in [6.45, 7) is 4.93. The molecule has 0 saturated carbocycles. The minimum absolute atomic E-state index is 0.596. The summed E-state index contributed by atoms with van der Waals surface area (Å²) in [5.41, 5.74) is 7.69. The lowest BCUT2D eigenvalue weighted by Gasteiger charge is -2.02. The summed E-state index contributed by atoms with van der Waals surface area (Å²) in [5, 5.41) is 5.07. The molecule has 5 nitrogen and oxygen atoms in total. The summed E-state index contributed by atoms with van der Waals surface area (Å²) in [4.78, 5) is 8.90. The van der Waals surface area contributed by atoms with Gasteiger partial charge in [0.25, 0.3) is 0 Å². The quantitative estimate of drug-likeness (QED) is 0.796. The number of anilines is 1. The molecule has 0 aliphatic heterocycles. The predicted octanol–water partition coefficient (Wildman–Crippen LogP) is 2.72. The molecule has 19 heavy (non-hydrogen) atoms. The maximum Gasteiger partial charge on any atom is 0.181 e. The highest BCUT2D eigenvalue weighted by Crippen LogP contribution is 2.28. The molecule has 0 fully saturated rings. The molecule has 0 amide bonds. The topological polar surface area (TPSA) is 69.6 Å². The van der Waals surface area contributed by atoms with Crippen molar-refractivity contribution in [1.29, 1.82) is 0 Å². The van der Waals surface area contributed by atoms with E-state index in [9.17, 15) is 0 Å². The van der Waals surface area contributed by atoms with Crippen molar-refractivity contribution >= 4 is 26.7 Å². The Balaban J connectivity index is 2.14. The lowest BCUT2D eigenvalue weighted by atomic mass is 10.2. The van der Waals surface area contributed by atoms with E-state index in [1.165, 1.54) is 11.3 Å². The van der Waals surface area contributed by atoms with Crippen LogP contribution in [0.1, 0.15) is 19.7 Å². The molecule has 0 atom stereocenters.